The third-order valence-corrected chi connectivity index (χ3v) is 3.68. The van der Waals surface area contributed by atoms with Gasteiger partial charge >= 0.3 is 0 Å². The van der Waals surface area contributed by atoms with Gasteiger partial charge in [0.25, 0.3) is 0 Å². The van der Waals surface area contributed by atoms with Gasteiger partial charge < -0.3 is 17.1 Å². The Hall–Kier alpha value is 1.50. The van der Waals surface area contributed by atoms with E-state index in [0.717, 1.165) is 15.9 Å². The molecule has 7 heteroatoms. The van der Waals surface area contributed by atoms with Crippen molar-refractivity contribution in [1.29, 1.82) is 0 Å². The Morgan fingerprint density at radius 2 is 1.94 bits per heavy atom. The molecule has 0 fully saturated rings. The Balaban J connectivity index is 0.00000112. The molecule has 16 heavy (non-hydrogen) atoms. The molecule has 0 bridgehead atoms. The van der Waals surface area contributed by atoms with Crippen LogP contribution in [0.1, 0.15) is 5.56 Å². The molecule has 0 saturated heterocycles. The molecule has 0 aliphatic rings. The van der Waals surface area contributed by atoms with Crippen LogP contribution in [0.2, 0.25) is 5.15 Å². The number of aromatic nitrogens is 1. The van der Waals surface area contributed by atoms with Crippen LogP contribution in [0.25, 0.3) is 0 Å². The molecule has 0 atom stereocenters. The summed E-state index contributed by atoms with van der Waals surface area (Å²) in [7, 11) is 2.79. The van der Waals surface area contributed by atoms with Crippen molar-refractivity contribution in [3.8, 4) is 0 Å². The minimum Gasteiger partial charge on any atom is -0.366 e. The Labute approximate surface area is 157 Å². The van der Waals surface area contributed by atoms with Crippen LogP contribution in [-0.4, -0.2) is 4.37 Å². The molecular formula is C9H5ClN2S2Y2-2. The fourth-order valence-electron chi connectivity index (χ4n) is 0.854. The minimum absolute atomic E-state index is 0. The molecule has 2 nitrogen and oxygen atoms in total. The van der Waals surface area contributed by atoms with Crippen molar-refractivity contribution < 1.29 is 65.4 Å². The van der Waals surface area contributed by atoms with Crippen LogP contribution < -0.4 is 4.67 Å². The number of aryl methyl sites for hydroxylation is 1. The fraction of sp³-hybridized carbons (Fsp3) is 0.111. The van der Waals surface area contributed by atoms with Crippen LogP contribution in [-0.2, 0) is 65.4 Å². The molecule has 2 radical (unpaired) electrons. The predicted octanol–water partition coefficient (Wildman–Crippen LogP) is 2.99. The average Bonchev–Trinajstić information content (AvgIpc) is 2.56. The van der Waals surface area contributed by atoms with Crippen molar-refractivity contribution in [3.63, 3.8) is 0 Å². The molecule has 0 aliphatic heterocycles. The molecule has 1 aromatic heterocycles. The Morgan fingerprint density at radius 3 is 2.44 bits per heavy atom. The first-order valence-corrected chi connectivity index (χ1v) is 6.30. The van der Waals surface area contributed by atoms with Crippen LogP contribution in [0.5, 0.6) is 0 Å². The molecule has 0 amide bonds. The van der Waals surface area contributed by atoms with E-state index in [1.165, 1.54) is 20.9 Å². The van der Waals surface area contributed by atoms with E-state index >= 15 is 0 Å². The zero-order valence-electron chi connectivity index (χ0n) is 8.40. The first-order chi connectivity index (χ1) is 6.75. The van der Waals surface area contributed by atoms with Gasteiger partial charge in [0.1, 0.15) is 4.67 Å². The summed E-state index contributed by atoms with van der Waals surface area (Å²) in [5, 5.41) is 0.459. The molecule has 0 unspecified atom stereocenters. The largest absolute Gasteiger partial charge is 0.366 e. The maximum absolute atomic E-state index is 5.82. The Morgan fingerprint density at radius 1 is 1.31 bits per heavy atom. The molecule has 0 aliphatic carbocycles. The summed E-state index contributed by atoms with van der Waals surface area (Å²) >= 11 is 5.82. The molecule has 0 saturated carbocycles. The second-order valence-corrected chi connectivity index (χ2v) is 4.77. The number of halogens is 1. The summed E-state index contributed by atoms with van der Waals surface area (Å²) in [5.74, 6) is 0. The predicted molar refractivity (Wildman–Crippen MR) is 59.1 cm³/mol. The van der Waals surface area contributed by atoms with E-state index in [0.29, 0.717) is 5.15 Å². The first-order valence-electron chi connectivity index (χ1n) is 3.82. The van der Waals surface area contributed by atoms with Crippen LogP contribution in [0.3, 0.4) is 0 Å². The topological polar surface area (TPSA) is 25.2 Å². The molecule has 1 heterocycles. The number of rotatable bonds is 1. The molecule has 2 rings (SSSR count). The van der Waals surface area contributed by atoms with E-state index in [-0.39, 0.29) is 65.4 Å². The number of nitrogens with zero attached hydrogens (tertiary/aromatic N) is 2. The summed E-state index contributed by atoms with van der Waals surface area (Å²) in [6.07, 6.45) is 0. The summed E-state index contributed by atoms with van der Waals surface area (Å²) < 4.78 is 4.68. The Bertz CT molecular complexity index is 493. The number of hydrogen-bond acceptors (Lipinski definition) is 4. The first kappa shape index (κ1) is 17.5. The zero-order chi connectivity index (χ0) is 9.97. The zero-order valence-corrected chi connectivity index (χ0v) is 16.5. The van der Waals surface area contributed by atoms with Gasteiger partial charge in [-0.05, 0) is 10.3 Å². The van der Waals surface area contributed by atoms with E-state index < -0.39 is 0 Å². The van der Waals surface area contributed by atoms with Crippen molar-refractivity contribution in [2.24, 2.45) is 4.99 Å². The second kappa shape index (κ2) is 8.57. The van der Waals surface area contributed by atoms with Gasteiger partial charge in [-0.2, -0.15) is 10.1 Å². The Kier molecular flexibility index (Phi) is 9.38. The normalized spacial score (nSPS) is 10.5. The van der Waals surface area contributed by atoms with Crippen molar-refractivity contribution >= 4 is 38.2 Å². The van der Waals surface area contributed by atoms with Crippen molar-refractivity contribution in [1.82, 2.24) is 4.37 Å². The van der Waals surface area contributed by atoms with Gasteiger partial charge in [-0.25, -0.2) is 0 Å². The van der Waals surface area contributed by atoms with Crippen LogP contribution >= 0.6 is 32.5 Å². The van der Waals surface area contributed by atoms with Gasteiger partial charge in [0, 0.05) is 76.0 Å². The monoisotopic (exact) mass is 418 g/mol. The van der Waals surface area contributed by atoms with Crippen LogP contribution in [0, 0.1) is 19.1 Å². The quantitative estimate of drug-likeness (QED) is 0.516. The maximum atomic E-state index is 5.82. The maximum Gasteiger partial charge on any atom is 0.177 e. The third-order valence-electron chi connectivity index (χ3n) is 1.51. The summed E-state index contributed by atoms with van der Waals surface area (Å²) in [6.45, 7) is 1.94. The van der Waals surface area contributed by atoms with Crippen molar-refractivity contribution in [2.75, 3.05) is 0 Å². The molecule has 78 valence electrons. The standard InChI is InChI=1S/C9H5ClN2S2.2Y/c1-6-2-4-7(5-3-6)11-9-8(10)12-14-13-9;;/h4-5H,1H3;;/q-2;;. The SMILES string of the molecule is Cc1[c-]cc(N=c2ssnc2Cl)c[c-]1.[Y].[Y]. The molecule has 1 aromatic carbocycles. The molecule has 2 aromatic rings. The number of hydrogen-bond donors (Lipinski definition) is 0. The van der Waals surface area contributed by atoms with Crippen LogP contribution in [0.15, 0.2) is 17.1 Å². The van der Waals surface area contributed by atoms with Gasteiger partial charge in [-0.3, -0.25) is 17.7 Å². The average molecular weight is 419 g/mol. The van der Waals surface area contributed by atoms with Gasteiger partial charge in [0.2, 0.25) is 0 Å². The second-order valence-electron chi connectivity index (χ2n) is 2.58. The fourth-order valence-corrected chi connectivity index (χ4v) is 2.85. The van der Waals surface area contributed by atoms with E-state index in [1.807, 2.05) is 19.1 Å². The molecule has 0 spiro atoms. The molecule has 0 N–H and O–H groups in total. The van der Waals surface area contributed by atoms with E-state index in [1.54, 1.807) is 0 Å². The van der Waals surface area contributed by atoms with E-state index in [2.05, 4.69) is 21.5 Å². The van der Waals surface area contributed by atoms with Gasteiger partial charge in [0.05, 0.1) is 0 Å². The summed E-state index contributed by atoms with van der Waals surface area (Å²) in [5.41, 5.74) is 1.77. The molecular weight excluding hydrogens is 414 g/mol. The van der Waals surface area contributed by atoms with Crippen molar-refractivity contribution in [3.05, 3.63) is 39.7 Å². The van der Waals surface area contributed by atoms with Crippen molar-refractivity contribution in [2.45, 2.75) is 6.92 Å². The van der Waals surface area contributed by atoms with Gasteiger partial charge in [0.15, 0.2) is 5.15 Å². The summed E-state index contributed by atoms with van der Waals surface area (Å²) in [4.78, 5) is 4.31. The number of benzene rings is 1. The summed E-state index contributed by atoms with van der Waals surface area (Å²) in [6, 6.07) is 9.68. The third kappa shape index (κ3) is 5.01. The van der Waals surface area contributed by atoms with E-state index in [9.17, 15) is 0 Å². The minimum atomic E-state index is 0. The van der Waals surface area contributed by atoms with Crippen LogP contribution in [0.4, 0.5) is 5.69 Å². The van der Waals surface area contributed by atoms with Gasteiger partial charge in [-0.1, -0.05) is 18.5 Å². The smallest absolute Gasteiger partial charge is 0.177 e. The van der Waals surface area contributed by atoms with Gasteiger partial charge in [-0.15, -0.1) is 0 Å². The van der Waals surface area contributed by atoms with E-state index in [4.69, 9.17) is 11.6 Å².